The number of nitrogens with one attached hydrogen (secondary N) is 1. The molecule has 0 saturated heterocycles. The van der Waals surface area contributed by atoms with E-state index in [1.807, 2.05) is 0 Å². The van der Waals surface area contributed by atoms with E-state index < -0.39 is 40.9 Å². The molecule has 0 fully saturated rings. The molecule has 0 heterocycles. The molecule has 1 unspecified atom stereocenters. The van der Waals surface area contributed by atoms with Gasteiger partial charge in [0.2, 0.25) is 0 Å². The molecule has 2 aromatic rings. The summed E-state index contributed by atoms with van der Waals surface area (Å²) in [6.45, 7) is 1.68. The first-order chi connectivity index (χ1) is 14.1. The van der Waals surface area contributed by atoms with Crippen molar-refractivity contribution in [1.29, 1.82) is 0 Å². The monoisotopic (exact) mass is 427 g/mol. The Kier molecular flexibility index (Phi) is 7.42. The van der Waals surface area contributed by atoms with E-state index in [2.05, 4.69) is 5.32 Å². The maximum absolute atomic E-state index is 14.0. The summed E-state index contributed by atoms with van der Waals surface area (Å²) in [5.41, 5.74) is -0.462. The zero-order chi connectivity index (χ0) is 22.5. The highest BCUT2D eigenvalue weighted by Crippen LogP contribution is 2.30. The predicted molar refractivity (Wildman–Crippen MR) is 101 cm³/mol. The van der Waals surface area contributed by atoms with E-state index in [9.17, 15) is 32.3 Å². The summed E-state index contributed by atoms with van der Waals surface area (Å²) < 4.78 is 57.1. The molecule has 5 nitrogen and oxygen atoms in total. The van der Waals surface area contributed by atoms with Crippen molar-refractivity contribution in [2.45, 2.75) is 32.5 Å². The van der Waals surface area contributed by atoms with Crippen molar-refractivity contribution in [3.05, 3.63) is 64.5 Å². The number of ether oxygens (including phenoxy) is 1. The summed E-state index contributed by atoms with van der Waals surface area (Å²) in [5.74, 6) is -3.22. The van der Waals surface area contributed by atoms with Crippen molar-refractivity contribution in [2.75, 3.05) is 7.11 Å². The molecular formula is C21H21F4NO4. The van der Waals surface area contributed by atoms with Gasteiger partial charge in [-0.2, -0.15) is 13.2 Å². The number of carbonyl (C=O) groups excluding carboxylic acids is 1. The van der Waals surface area contributed by atoms with E-state index in [1.54, 1.807) is 25.1 Å². The van der Waals surface area contributed by atoms with Crippen LogP contribution in [-0.4, -0.2) is 24.1 Å². The Bertz CT molecular complexity index is 928. The molecule has 9 heteroatoms. The molecule has 0 spiro atoms. The summed E-state index contributed by atoms with van der Waals surface area (Å²) in [4.78, 5) is 23.5. The van der Waals surface area contributed by atoms with E-state index in [0.717, 1.165) is 11.6 Å². The van der Waals surface area contributed by atoms with Crippen LogP contribution in [0.4, 0.5) is 17.6 Å². The van der Waals surface area contributed by atoms with Crippen molar-refractivity contribution < 1.29 is 37.0 Å². The van der Waals surface area contributed by atoms with Gasteiger partial charge in [-0.1, -0.05) is 19.1 Å². The second-order valence-corrected chi connectivity index (χ2v) is 6.67. The molecule has 0 radical (unpaired) electrons. The number of halogens is 4. The number of aliphatic carboxylic acids is 1. The number of hydrogen-bond donors (Lipinski definition) is 2. The molecule has 0 saturated carbocycles. The van der Waals surface area contributed by atoms with Crippen LogP contribution in [0.25, 0.3) is 0 Å². The average molecular weight is 427 g/mol. The zero-order valence-corrected chi connectivity index (χ0v) is 16.3. The number of alkyl halides is 3. The van der Waals surface area contributed by atoms with Gasteiger partial charge in [-0.3, -0.25) is 9.59 Å². The van der Waals surface area contributed by atoms with Gasteiger partial charge in [0, 0.05) is 12.1 Å². The van der Waals surface area contributed by atoms with E-state index >= 15 is 0 Å². The number of carboxylic acid groups (broad SMARTS) is 1. The number of benzene rings is 2. The Balaban J connectivity index is 2.17. The highest BCUT2D eigenvalue weighted by atomic mass is 19.4. The summed E-state index contributed by atoms with van der Waals surface area (Å²) >= 11 is 0. The van der Waals surface area contributed by atoms with Gasteiger partial charge in [-0.15, -0.1) is 0 Å². The van der Waals surface area contributed by atoms with E-state index in [4.69, 9.17) is 4.74 Å². The molecule has 0 bridgehead atoms. The molecule has 30 heavy (non-hydrogen) atoms. The smallest absolute Gasteiger partial charge is 0.416 e. The standard InChI is InChI=1S/C21H21F4NO4/c1-3-13(20(28)29)8-12-4-7-18(30-2)14(9-12)11-26-19(27)16-6-5-15(10-17(16)22)21(23,24)25/h4-7,9-10,13H,3,8,11H2,1-2H3,(H,26,27)(H,28,29). The lowest BCUT2D eigenvalue weighted by Gasteiger charge is -2.14. The summed E-state index contributed by atoms with van der Waals surface area (Å²) in [7, 11) is 1.42. The summed E-state index contributed by atoms with van der Waals surface area (Å²) in [5, 5.41) is 11.7. The largest absolute Gasteiger partial charge is 0.496 e. The SMILES string of the molecule is CCC(Cc1ccc(OC)c(CNC(=O)c2ccc(C(F)(F)F)cc2F)c1)C(=O)O. The van der Waals surface area contributed by atoms with Crippen LogP contribution in [0, 0.1) is 11.7 Å². The molecule has 162 valence electrons. The topological polar surface area (TPSA) is 75.6 Å². The van der Waals surface area contributed by atoms with Crippen LogP contribution in [0.15, 0.2) is 36.4 Å². The van der Waals surface area contributed by atoms with Gasteiger partial charge in [0.1, 0.15) is 11.6 Å². The van der Waals surface area contributed by atoms with Gasteiger partial charge in [-0.05, 0) is 42.7 Å². The number of carbonyl (C=O) groups is 2. The summed E-state index contributed by atoms with van der Waals surface area (Å²) in [6, 6.07) is 6.70. The second-order valence-electron chi connectivity index (χ2n) is 6.67. The van der Waals surface area contributed by atoms with Crippen molar-refractivity contribution in [3.63, 3.8) is 0 Å². The number of methoxy groups -OCH3 is 1. The van der Waals surface area contributed by atoms with Crippen molar-refractivity contribution in [3.8, 4) is 5.75 Å². The van der Waals surface area contributed by atoms with Crippen molar-refractivity contribution >= 4 is 11.9 Å². The molecule has 0 aliphatic heterocycles. The Morgan fingerprint density at radius 2 is 1.87 bits per heavy atom. The molecular weight excluding hydrogens is 406 g/mol. The van der Waals surface area contributed by atoms with Crippen LogP contribution in [-0.2, 0) is 23.9 Å². The lowest BCUT2D eigenvalue weighted by Crippen LogP contribution is -2.24. The van der Waals surface area contributed by atoms with Gasteiger partial charge < -0.3 is 15.2 Å². The van der Waals surface area contributed by atoms with Crippen LogP contribution in [0.2, 0.25) is 0 Å². The Morgan fingerprint density at radius 3 is 2.40 bits per heavy atom. The van der Waals surface area contributed by atoms with Gasteiger partial charge in [0.05, 0.1) is 24.2 Å². The Morgan fingerprint density at radius 1 is 1.17 bits per heavy atom. The predicted octanol–water partition coefficient (Wildman–Crippen LogP) is 4.44. The van der Waals surface area contributed by atoms with Crippen LogP contribution in [0.5, 0.6) is 5.75 Å². The Hall–Kier alpha value is -3.10. The number of hydrogen-bond acceptors (Lipinski definition) is 3. The maximum atomic E-state index is 14.0. The maximum Gasteiger partial charge on any atom is 0.416 e. The first-order valence-corrected chi connectivity index (χ1v) is 9.10. The number of amides is 1. The van der Waals surface area contributed by atoms with Gasteiger partial charge >= 0.3 is 12.1 Å². The van der Waals surface area contributed by atoms with E-state index in [-0.39, 0.29) is 19.0 Å². The fraction of sp³-hybridized carbons (Fsp3) is 0.333. The van der Waals surface area contributed by atoms with Crippen LogP contribution in [0.3, 0.4) is 0 Å². The van der Waals surface area contributed by atoms with Gasteiger partial charge in [0.25, 0.3) is 5.91 Å². The van der Waals surface area contributed by atoms with Gasteiger partial charge in [-0.25, -0.2) is 4.39 Å². The number of rotatable bonds is 8. The summed E-state index contributed by atoms with van der Waals surface area (Å²) in [6.07, 6.45) is -3.99. The highest BCUT2D eigenvalue weighted by Gasteiger charge is 2.31. The highest BCUT2D eigenvalue weighted by molar-refractivity contribution is 5.94. The Labute approximate surface area is 170 Å². The van der Waals surface area contributed by atoms with Crippen LogP contribution in [0.1, 0.15) is 40.4 Å². The fourth-order valence-electron chi connectivity index (χ4n) is 2.93. The third-order valence-corrected chi connectivity index (χ3v) is 4.65. The lowest BCUT2D eigenvalue weighted by molar-refractivity contribution is -0.141. The quantitative estimate of drug-likeness (QED) is 0.611. The molecule has 0 aliphatic carbocycles. The van der Waals surface area contributed by atoms with Crippen LogP contribution < -0.4 is 10.1 Å². The molecule has 1 amide bonds. The molecule has 1 atom stereocenters. The molecule has 2 aromatic carbocycles. The minimum absolute atomic E-state index is 0.0832. The van der Waals surface area contributed by atoms with Gasteiger partial charge in [0.15, 0.2) is 0 Å². The minimum atomic E-state index is -4.71. The molecule has 2 rings (SSSR count). The fourth-order valence-corrected chi connectivity index (χ4v) is 2.93. The zero-order valence-electron chi connectivity index (χ0n) is 16.3. The third kappa shape index (κ3) is 5.71. The lowest BCUT2D eigenvalue weighted by atomic mass is 9.95. The van der Waals surface area contributed by atoms with Crippen molar-refractivity contribution in [2.24, 2.45) is 5.92 Å². The first kappa shape index (κ1) is 23.2. The molecule has 2 N–H and O–H groups in total. The third-order valence-electron chi connectivity index (χ3n) is 4.65. The normalized spacial score (nSPS) is 12.3. The van der Waals surface area contributed by atoms with E-state index in [0.29, 0.717) is 23.8 Å². The number of carboxylic acids is 1. The molecule has 0 aliphatic rings. The molecule has 0 aromatic heterocycles. The first-order valence-electron chi connectivity index (χ1n) is 9.10. The van der Waals surface area contributed by atoms with Crippen molar-refractivity contribution in [1.82, 2.24) is 5.32 Å². The van der Waals surface area contributed by atoms with Crippen LogP contribution >= 0.6 is 0 Å². The van der Waals surface area contributed by atoms with E-state index in [1.165, 1.54) is 7.11 Å². The average Bonchev–Trinajstić information content (AvgIpc) is 2.69. The minimum Gasteiger partial charge on any atom is -0.496 e. The second kappa shape index (κ2) is 9.60.